The molecule has 3 nitrogen and oxygen atoms in total. The Bertz CT molecular complexity index is 926. The first kappa shape index (κ1) is 19.7. The second-order valence-corrected chi connectivity index (χ2v) is 11.8. The monoisotopic (exact) mass is 398 g/mol. The Morgan fingerprint density at radius 1 is 0.893 bits per heavy atom. The molecule has 2 aliphatic carbocycles. The van der Waals surface area contributed by atoms with Gasteiger partial charge in [-0.05, 0) is 66.2 Å². The van der Waals surface area contributed by atoms with Gasteiger partial charge in [-0.25, -0.2) is 8.42 Å². The average Bonchev–Trinajstić information content (AvgIpc) is 2.95. The summed E-state index contributed by atoms with van der Waals surface area (Å²) >= 11 is 0. The smallest absolute Gasteiger partial charge is 0.181 e. The minimum absolute atomic E-state index is 0.00165. The lowest BCUT2D eigenvalue weighted by Crippen LogP contribution is -2.44. The molecule has 0 heterocycles. The van der Waals surface area contributed by atoms with Crippen LogP contribution in [0.4, 0.5) is 0 Å². The number of hydrogen-bond acceptors (Lipinski definition) is 3. The van der Waals surface area contributed by atoms with Gasteiger partial charge in [-0.3, -0.25) is 0 Å². The van der Waals surface area contributed by atoms with Gasteiger partial charge in [0.1, 0.15) is 0 Å². The highest BCUT2D eigenvalue weighted by atomic mass is 32.2. The van der Waals surface area contributed by atoms with Gasteiger partial charge in [0.15, 0.2) is 9.84 Å². The molecule has 2 saturated carbocycles. The average molecular weight is 399 g/mol. The molecule has 0 spiro atoms. The molecule has 0 aromatic heterocycles. The first-order valence-electron chi connectivity index (χ1n) is 10.2. The van der Waals surface area contributed by atoms with Crippen molar-refractivity contribution in [1.29, 1.82) is 0 Å². The summed E-state index contributed by atoms with van der Waals surface area (Å²) < 4.78 is 26.9. The van der Waals surface area contributed by atoms with Gasteiger partial charge in [0, 0.05) is 0 Å². The maximum absolute atomic E-state index is 13.5. The summed E-state index contributed by atoms with van der Waals surface area (Å²) in [5.41, 5.74) is 1.14. The van der Waals surface area contributed by atoms with E-state index in [4.69, 9.17) is 0 Å². The maximum Gasteiger partial charge on any atom is 0.181 e. The quantitative estimate of drug-likeness (QED) is 0.805. The number of fused-ring (bicyclic) bond motifs is 2. The standard InChI is InChI=1S/C24H30O3S/c1-23(2,3)19-11-13-21(14-12-19)28(26,27)22-17-9-10-18(22)16-24(25,15-17)20-7-5-4-6-8-20/h4-8,11-14,17-18,22,25H,9-10,15-16H2,1-3H3. The lowest BCUT2D eigenvalue weighted by molar-refractivity contribution is -0.0240. The van der Waals surface area contributed by atoms with Crippen molar-refractivity contribution in [2.75, 3.05) is 0 Å². The van der Waals surface area contributed by atoms with E-state index in [1.54, 1.807) is 12.1 Å². The number of rotatable bonds is 3. The van der Waals surface area contributed by atoms with E-state index in [0.717, 1.165) is 24.0 Å². The third kappa shape index (κ3) is 3.31. The first-order chi connectivity index (χ1) is 13.1. The summed E-state index contributed by atoms with van der Waals surface area (Å²) in [5, 5.41) is 10.9. The van der Waals surface area contributed by atoms with Crippen molar-refractivity contribution in [3.8, 4) is 0 Å². The summed E-state index contributed by atoms with van der Waals surface area (Å²) in [4.78, 5) is 0.424. The molecule has 2 aliphatic rings. The molecule has 4 heteroatoms. The van der Waals surface area contributed by atoms with Crippen LogP contribution >= 0.6 is 0 Å². The molecule has 0 aliphatic heterocycles. The van der Waals surface area contributed by atoms with Crippen molar-refractivity contribution in [3.63, 3.8) is 0 Å². The molecule has 150 valence electrons. The molecule has 1 N–H and O–H groups in total. The molecule has 0 saturated heterocycles. The predicted molar refractivity (Wildman–Crippen MR) is 112 cm³/mol. The molecule has 0 amide bonds. The minimum atomic E-state index is -3.40. The number of hydrogen-bond donors (Lipinski definition) is 1. The predicted octanol–water partition coefficient (Wildman–Crippen LogP) is 4.83. The van der Waals surface area contributed by atoms with E-state index >= 15 is 0 Å². The van der Waals surface area contributed by atoms with Crippen molar-refractivity contribution in [1.82, 2.24) is 0 Å². The fourth-order valence-electron chi connectivity index (χ4n) is 5.32. The molecule has 0 radical (unpaired) electrons. The highest BCUT2D eigenvalue weighted by molar-refractivity contribution is 7.92. The van der Waals surface area contributed by atoms with Crippen molar-refractivity contribution in [3.05, 3.63) is 65.7 Å². The summed E-state index contributed by atoms with van der Waals surface area (Å²) in [6.45, 7) is 6.38. The third-order valence-corrected chi connectivity index (χ3v) is 9.17. The van der Waals surface area contributed by atoms with Gasteiger partial charge in [-0.1, -0.05) is 63.2 Å². The van der Waals surface area contributed by atoms with E-state index in [9.17, 15) is 13.5 Å². The molecule has 28 heavy (non-hydrogen) atoms. The van der Waals surface area contributed by atoms with Crippen LogP contribution in [0.2, 0.25) is 0 Å². The highest BCUT2D eigenvalue weighted by Crippen LogP contribution is 2.53. The molecule has 4 rings (SSSR count). The summed E-state index contributed by atoms with van der Waals surface area (Å²) in [6, 6.07) is 17.2. The summed E-state index contributed by atoms with van der Waals surface area (Å²) in [5.74, 6) is 0.0208. The van der Waals surface area contributed by atoms with Crippen molar-refractivity contribution >= 4 is 9.84 Å². The van der Waals surface area contributed by atoms with E-state index in [-0.39, 0.29) is 22.5 Å². The molecule has 2 aromatic carbocycles. The maximum atomic E-state index is 13.5. The van der Waals surface area contributed by atoms with Crippen LogP contribution in [-0.2, 0) is 20.9 Å². The van der Waals surface area contributed by atoms with E-state index in [2.05, 4.69) is 20.8 Å². The van der Waals surface area contributed by atoms with E-state index in [1.165, 1.54) is 0 Å². The largest absolute Gasteiger partial charge is 0.385 e. The Morgan fingerprint density at radius 2 is 1.43 bits per heavy atom. The van der Waals surface area contributed by atoms with Gasteiger partial charge in [0.25, 0.3) is 0 Å². The van der Waals surface area contributed by atoms with Crippen molar-refractivity contribution in [2.24, 2.45) is 11.8 Å². The van der Waals surface area contributed by atoms with Crippen LogP contribution in [-0.4, -0.2) is 18.8 Å². The van der Waals surface area contributed by atoms with Crippen LogP contribution < -0.4 is 0 Å². The van der Waals surface area contributed by atoms with Gasteiger partial charge in [-0.2, -0.15) is 0 Å². The van der Waals surface area contributed by atoms with E-state index in [1.807, 2.05) is 42.5 Å². The Labute approximate surface area is 168 Å². The fourth-order valence-corrected chi connectivity index (χ4v) is 7.63. The zero-order valence-corrected chi connectivity index (χ0v) is 17.7. The number of sulfone groups is 1. The molecule has 2 unspecified atom stereocenters. The molecule has 2 fully saturated rings. The van der Waals surface area contributed by atoms with E-state index in [0.29, 0.717) is 17.7 Å². The van der Waals surface area contributed by atoms with Crippen LogP contribution in [0.5, 0.6) is 0 Å². The fraction of sp³-hybridized carbons (Fsp3) is 0.500. The molecular weight excluding hydrogens is 368 g/mol. The lowest BCUT2D eigenvalue weighted by Gasteiger charge is -2.41. The van der Waals surface area contributed by atoms with Crippen molar-refractivity contribution in [2.45, 2.75) is 67.6 Å². The zero-order chi connectivity index (χ0) is 20.2. The van der Waals surface area contributed by atoms with Gasteiger partial charge >= 0.3 is 0 Å². The number of benzene rings is 2. The van der Waals surface area contributed by atoms with Gasteiger partial charge in [0.05, 0.1) is 15.7 Å². The molecular formula is C24H30O3S. The SMILES string of the molecule is CC(C)(C)c1ccc(S(=O)(=O)C2C3CCC2CC(O)(c2ccccc2)C3)cc1. The molecule has 2 aromatic rings. The lowest BCUT2D eigenvalue weighted by atomic mass is 9.73. The van der Waals surface area contributed by atoms with Crippen LogP contribution in [0.3, 0.4) is 0 Å². The summed E-state index contributed by atoms with van der Waals surface area (Å²) in [6.07, 6.45) is 2.81. The van der Waals surface area contributed by atoms with Gasteiger partial charge in [-0.15, -0.1) is 0 Å². The van der Waals surface area contributed by atoms with Gasteiger partial charge in [0.2, 0.25) is 0 Å². The summed E-state index contributed by atoms with van der Waals surface area (Å²) in [7, 11) is -3.40. The molecule has 2 bridgehead atoms. The zero-order valence-electron chi connectivity index (χ0n) is 16.9. The number of aliphatic hydroxyl groups is 1. The first-order valence-corrected chi connectivity index (χ1v) is 11.8. The Hall–Kier alpha value is -1.65. The topological polar surface area (TPSA) is 54.4 Å². The molecule has 2 atom stereocenters. The van der Waals surface area contributed by atoms with E-state index < -0.39 is 15.4 Å². The highest BCUT2D eigenvalue weighted by Gasteiger charge is 2.54. The van der Waals surface area contributed by atoms with Gasteiger partial charge < -0.3 is 5.11 Å². The Kier molecular flexibility index (Phi) is 4.71. The Morgan fingerprint density at radius 3 is 1.93 bits per heavy atom. The Balaban J connectivity index is 1.62. The second kappa shape index (κ2) is 6.70. The second-order valence-electron chi connectivity index (χ2n) is 9.69. The van der Waals surface area contributed by atoms with Crippen molar-refractivity contribution < 1.29 is 13.5 Å². The van der Waals surface area contributed by atoms with Crippen LogP contribution in [0.25, 0.3) is 0 Å². The van der Waals surface area contributed by atoms with Crippen LogP contribution in [0.15, 0.2) is 59.5 Å². The van der Waals surface area contributed by atoms with Crippen LogP contribution in [0.1, 0.15) is 57.6 Å². The third-order valence-electron chi connectivity index (χ3n) is 6.76. The normalized spacial score (nSPS) is 30.4. The minimum Gasteiger partial charge on any atom is -0.385 e. The van der Waals surface area contributed by atoms with Crippen LogP contribution in [0, 0.1) is 11.8 Å².